The Bertz CT molecular complexity index is 1640. The van der Waals surface area contributed by atoms with E-state index in [0.29, 0.717) is 39.6 Å². The summed E-state index contributed by atoms with van der Waals surface area (Å²) in [5.41, 5.74) is 2.14. The summed E-state index contributed by atoms with van der Waals surface area (Å²) in [5, 5.41) is 9.81. The zero-order chi connectivity index (χ0) is 39.5. The van der Waals surface area contributed by atoms with Gasteiger partial charge < -0.3 is 14.2 Å². The van der Waals surface area contributed by atoms with Gasteiger partial charge in [0, 0.05) is 11.1 Å². The van der Waals surface area contributed by atoms with Crippen LogP contribution < -0.4 is 14.2 Å². The Morgan fingerprint density at radius 2 is 1.14 bits per heavy atom. The Labute approximate surface area is 341 Å². The summed E-state index contributed by atoms with van der Waals surface area (Å²) in [4.78, 5) is 26.4. The van der Waals surface area contributed by atoms with Crippen LogP contribution in [0.2, 0.25) is 5.02 Å². The fourth-order valence-electron chi connectivity index (χ4n) is 8.27. The van der Waals surface area contributed by atoms with Crippen LogP contribution in [-0.2, 0) is 9.59 Å². The molecule has 0 saturated heterocycles. The minimum absolute atomic E-state index is 0.0357. The predicted octanol–water partition coefficient (Wildman–Crippen LogP) is 15.0. The van der Waals surface area contributed by atoms with Gasteiger partial charge in [-0.1, -0.05) is 109 Å². The predicted molar refractivity (Wildman–Crippen MR) is 226 cm³/mol. The van der Waals surface area contributed by atoms with E-state index in [-0.39, 0.29) is 29.9 Å². The van der Waals surface area contributed by atoms with E-state index >= 15 is 0 Å². The highest BCUT2D eigenvalue weighted by molar-refractivity contribution is 6.30. The lowest BCUT2D eigenvalue weighted by atomic mass is 9.80. The third-order valence-electron chi connectivity index (χ3n) is 11.9. The molecule has 3 aromatic rings. The van der Waals surface area contributed by atoms with Crippen LogP contribution in [0, 0.1) is 23.7 Å². The summed E-state index contributed by atoms with van der Waals surface area (Å²) in [7, 11) is 0. The van der Waals surface area contributed by atoms with E-state index in [1.165, 1.54) is 51.4 Å². The van der Waals surface area contributed by atoms with Crippen molar-refractivity contribution in [2.24, 2.45) is 33.9 Å². The number of halogens is 1. The topological polar surface area (TPSA) is 86.5 Å². The van der Waals surface area contributed by atoms with Crippen molar-refractivity contribution in [3.63, 3.8) is 0 Å². The van der Waals surface area contributed by atoms with Crippen LogP contribution >= 0.6 is 11.6 Å². The molecule has 3 aromatic carbocycles. The number of ether oxygens (including phenoxy) is 3. The van der Waals surface area contributed by atoms with Gasteiger partial charge in [0.25, 0.3) is 0 Å². The standard InChI is InChI=1S/C48H65ClN2O5/c1-4-7-10-13-35-16-20-38(21-17-35)47(52)54-42-30-28-41(29-31-42)50-51-44-33-32-43(55-48(53)39-22-18-36(19-23-39)14-11-8-5-2)34-46(44)56-45(15-12-9-6-3)37-24-26-40(49)27-25-37/h24-36,38-39,45H,4-23H2,1-3H3/t35?,36?,38?,39?,45-/m0/s1. The van der Waals surface area contributed by atoms with Gasteiger partial charge in [-0.15, -0.1) is 5.11 Å². The van der Waals surface area contributed by atoms with Gasteiger partial charge in [0.2, 0.25) is 0 Å². The number of azo groups is 1. The Morgan fingerprint density at radius 1 is 0.625 bits per heavy atom. The zero-order valence-corrected chi connectivity index (χ0v) is 34.9. The third kappa shape index (κ3) is 14.0. The van der Waals surface area contributed by atoms with Crippen LogP contribution in [0.15, 0.2) is 77.0 Å². The number of benzene rings is 3. The maximum atomic E-state index is 13.4. The van der Waals surface area contributed by atoms with Crippen molar-refractivity contribution in [1.29, 1.82) is 0 Å². The molecule has 0 bridgehead atoms. The average Bonchev–Trinajstić information content (AvgIpc) is 3.22. The summed E-state index contributed by atoms with van der Waals surface area (Å²) in [6.45, 7) is 6.66. The van der Waals surface area contributed by atoms with Crippen molar-refractivity contribution < 1.29 is 23.8 Å². The van der Waals surface area contributed by atoms with Crippen molar-refractivity contribution in [2.75, 3.05) is 0 Å². The smallest absolute Gasteiger partial charge is 0.314 e. The van der Waals surface area contributed by atoms with E-state index in [1.54, 1.807) is 42.5 Å². The number of nitrogens with zero attached hydrogens (tertiary/aromatic N) is 2. The Kier molecular flexibility index (Phi) is 18.2. The van der Waals surface area contributed by atoms with Crippen LogP contribution in [0.3, 0.4) is 0 Å². The molecular formula is C48H65ClN2O5. The molecule has 0 spiro atoms. The van der Waals surface area contributed by atoms with Crippen molar-refractivity contribution in [3.8, 4) is 17.2 Å². The van der Waals surface area contributed by atoms with Crippen molar-refractivity contribution in [3.05, 3.63) is 77.3 Å². The highest BCUT2D eigenvalue weighted by Gasteiger charge is 2.29. The van der Waals surface area contributed by atoms with Crippen LogP contribution in [0.5, 0.6) is 17.2 Å². The van der Waals surface area contributed by atoms with Gasteiger partial charge in [0.05, 0.1) is 17.5 Å². The van der Waals surface area contributed by atoms with Crippen molar-refractivity contribution in [1.82, 2.24) is 0 Å². The fourth-order valence-corrected chi connectivity index (χ4v) is 8.40. The number of carbonyl (C=O) groups excluding carboxylic acids is 2. The molecule has 2 aliphatic carbocycles. The number of rotatable bonds is 21. The molecule has 0 radical (unpaired) electrons. The highest BCUT2D eigenvalue weighted by Crippen LogP contribution is 2.39. The number of carbonyl (C=O) groups is 2. The minimum Gasteiger partial charge on any atom is -0.483 e. The molecule has 0 aliphatic heterocycles. The largest absolute Gasteiger partial charge is 0.483 e. The summed E-state index contributed by atoms with van der Waals surface area (Å²) in [6, 6.07) is 20.2. The van der Waals surface area contributed by atoms with Gasteiger partial charge in [0.1, 0.15) is 23.3 Å². The van der Waals surface area contributed by atoms with Gasteiger partial charge in [-0.05, 0) is 130 Å². The van der Waals surface area contributed by atoms with E-state index < -0.39 is 0 Å². The van der Waals surface area contributed by atoms with E-state index in [9.17, 15) is 9.59 Å². The first kappa shape index (κ1) is 43.4. The molecule has 0 amide bonds. The number of hydrogen-bond acceptors (Lipinski definition) is 7. The Balaban J connectivity index is 1.26. The molecule has 0 unspecified atom stereocenters. The van der Waals surface area contributed by atoms with Crippen LogP contribution in [0.1, 0.15) is 161 Å². The number of hydrogen-bond donors (Lipinski definition) is 0. The van der Waals surface area contributed by atoms with Crippen molar-refractivity contribution in [2.45, 2.75) is 155 Å². The van der Waals surface area contributed by atoms with Gasteiger partial charge in [-0.25, -0.2) is 0 Å². The molecule has 8 heteroatoms. The number of unbranched alkanes of at least 4 members (excludes halogenated alkanes) is 6. The average molecular weight is 786 g/mol. The van der Waals surface area contributed by atoms with E-state index in [2.05, 4.69) is 31.0 Å². The summed E-state index contributed by atoms with van der Waals surface area (Å²) in [5.74, 6) is 2.45. The number of esters is 2. The second kappa shape index (κ2) is 23.5. The molecule has 0 N–H and O–H groups in total. The van der Waals surface area contributed by atoms with Crippen LogP contribution in [0.25, 0.3) is 0 Å². The normalized spacial score (nSPS) is 20.4. The highest BCUT2D eigenvalue weighted by atomic mass is 35.5. The van der Waals surface area contributed by atoms with Gasteiger partial charge >= 0.3 is 11.9 Å². The summed E-state index contributed by atoms with van der Waals surface area (Å²) >= 11 is 6.25. The first-order valence-electron chi connectivity index (χ1n) is 21.9. The third-order valence-corrected chi connectivity index (χ3v) is 12.1. The SMILES string of the molecule is CCCCCC1CCC(C(=O)Oc2ccc(N=Nc3ccc(OC(=O)C4CCC(CCCCC)CC4)cc3O[C@@H](CCCCC)c3ccc(Cl)cc3)cc2)CC1. The molecule has 2 aliphatic rings. The lowest BCUT2D eigenvalue weighted by molar-refractivity contribution is -0.141. The molecule has 56 heavy (non-hydrogen) atoms. The molecule has 0 heterocycles. The molecular weight excluding hydrogens is 720 g/mol. The van der Waals surface area contributed by atoms with Crippen LogP contribution in [-0.4, -0.2) is 11.9 Å². The molecule has 7 nitrogen and oxygen atoms in total. The monoisotopic (exact) mass is 784 g/mol. The maximum Gasteiger partial charge on any atom is 0.314 e. The van der Waals surface area contributed by atoms with Gasteiger partial charge in [0.15, 0.2) is 5.75 Å². The summed E-state index contributed by atoms with van der Waals surface area (Å²) in [6.07, 6.45) is 21.8. The fraction of sp³-hybridized carbons (Fsp3) is 0.583. The van der Waals surface area contributed by atoms with Crippen molar-refractivity contribution >= 4 is 34.9 Å². The zero-order valence-electron chi connectivity index (χ0n) is 34.2. The molecule has 0 aromatic heterocycles. The van der Waals surface area contributed by atoms with E-state index in [1.807, 2.05) is 24.3 Å². The maximum absolute atomic E-state index is 13.4. The summed E-state index contributed by atoms with van der Waals surface area (Å²) < 4.78 is 18.5. The molecule has 1 atom stereocenters. The van der Waals surface area contributed by atoms with Gasteiger partial charge in [-0.3, -0.25) is 9.59 Å². The molecule has 2 saturated carbocycles. The van der Waals surface area contributed by atoms with E-state index in [4.69, 9.17) is 25.8 Å². The molecule has 2 fully saturated rings. The van der Waals surface area contributed by atoms with Crippen LogP contribution in [0.4, 0.5) is 11.4 Å². The first-order valence-corrected chi connectivity index (χ1v) is 22.2. The quantitative estimate of drug-likeness (QED) is 0.0464. The van der Waals surface area contributed by atoms with E-state index in [0.717, 1.165) is 88.5 Å². The minimum atomic E-state index is -0.258. The van der Waals surface area contributed by atoms with Gasteiger partial charge in [-0.2, -0.15) is 5.11 Å². The second-order valence-electron chi connectivity index (χ2n) is 16.2. The molecule has 304 valence electrons. The Morgan fingerprint density at radius 3 is 1.70 bits per heavy atom. The molecule has 5 rings (SSSR count). The Hall–Kier alpha value is -3.71. The second-order valence-corrected chi connectivity index (χ2v) is 16.7. The lowest BCUT2D eigenvalue weighted by Crippen LogP contribution is -2.25. The lowest BCUT2D eigenvalue weighted by Gasteiger charge is -2.27. The first-order chi connectivity index (χ1) is 27.3.